The third kappa shape index (κ3) is 5.25. The van der Waals surface area contributed by atoms with Crippen LogP contribution in [0.4, 0.5) is 0 Å². The summed E-state index contributed by atoms with van der Waals surface area (Å²) in [4.78, 5) is 0. The maximum Gasteiger partial charge on any atom is 0.186 e. The van der Waals surface area contributed by atoms with Crippen molar-refractivity contribution < 1.29 is 44.5 Å². The molecule has 2 aliphatic heterocycles. The molecule has 1 aliphatic carbocycles. The Balaban J connectivity index is 1.70. The predicted molar refractivity (Wildman–Crippen MR) is 110 cm³/mol. The minimum absolute atomic E-state index is 0.217. The summed E-state index contributed by atoms with van der Waals surface area (Å²) in [6, 6.07) is -3.15. The number of aliphatic hydroxyl groups is 5. The van der Waals surface area contributed by atoms with Crippen LogP contribution in [0.15, 0.2) is 0 Å². The summed E-state index contributed by atoms with van der Waals surface area (Å²) in [7, 11) is 0. The highest BCUT2D eigenvalue weighted by molar-refractivity contribution is 5.01. The first-order valence-electron chi connectivity index (χ1n) is 11.1. The number of hydrogen-bond acceptors (Lipinski definition) is 13. The molecule has 14 atom stereocenters. The minimum Gasteiger partial charge on any atom is -0.394 e. The van der Waals surface area contributed by atoms with Crippen LogP contribution in [0.25, 0.3) is 0 Å². The predicted octanol–water partition coefficient (Wildman–Crippen LogP) is -4.84. The second-order valence-electron chi connectivity index (χ2n) is 8.96. The van der Waals surface area contributed by atoms with Crippen LogP contribution in [-0.2, 0) is 18.9 Å². The Hall–Kier alpha value is -0.520. The van der Waals surface area contributed by atoms with Crippen LogP contribution in [0.5, 0.6) is 0 Å². The molecular weight excluding hydrogens is 428 g/mol. The molecule has 3 rings (SSSR count). The number of ether oxygens (including phenoxy) is 4. The van der Waals surface area contributed by atoms with E-state index in [1.165, 1.54) is 0 Å². The van der Waals surface area contributed by atoms with Gasteiger partial charge in [0.2, 0.25) is 0 Å². The first-order valence-corrected chi connectivity index (χ1v) is 11.1. The summed E-state index contributed by atoms with van der Waals surface area (Å²) in [5.41, 5.74) is 24.2. The molecule has 0 spiro atoms. The van der Waals surface area contributed by atoms with Crippen LogP contribution in [0.2, 0.25) is 0 Å². The molecule has 13 N–H and O–H groups in total. The van der Waals surface area contributed by atoms with Crippen molar-refractivity contribution in [1.82, 2.24) is 0 Å². The first-order chi connectivity index (χ1) is 15.1. The van der Waals surface area contributed by atoms with Crippen molar-refractivity contribution >= 4 is 0 Å². The average Bonchev–Trinajstić information content (AvgIpc) is 2.75. The number of aliphatic hydroxyl groups excluding tert-OH is 5. The van der Waals surface area contributed by atoms with Gasteiger partial charge in [-0.25, -0.2) is 0 Å². The fourth-order valence-electron chi connectivity index (χ4n) is 4.58. The summed E-state index contributed by atoms with van der Waals surface area (Å²) in [6.45, 7) is 1.32. The Kier molecular flexibility index (Phi) is 8.82. The normalized spacial score (nSPS) is 52.7. The zero-order valence-corrected chi connectivity index (χ0v) is 18.1. The van der Waals surface area contributed by atoms with Crippen molar-refractivity contribution in [2.45, 2.75) is 112 Å². The molecule has 2 saturated heterocycles. The van der Waals surface area contributed by atoms with Crippen molar-refractivity contribution in [1.29, 1.82) is 0 Å². The lowest BCUT2D eigenvalue weighted by Gasteiger charge is -2.47. The maximum absolute atomic E-state index is 11.0. The van der Waals surface area contributed by atoms with Crippen LogP contribution in [0.1, 0.15) is 26.2 Å². The van der Waals surface area contributed by atoms with E-state index < -0.39 is 92.2 Å². The molecule has 13 heteroatoms. The van der Waals surface area contributed by atoms with E-state index in [1.807, 2.05) is 6.92 Å². The second-order valence-corrected chi connectivity index (χ2v) is 8.96. The lowest BCUT2D eigenvalue weighted by molar-refractivity contribution is -0.315. The van der Waals surface area contributed by atoms with Crippen LogP contribution in [-0.4, -0.2) is 118 Å². The topological polar surface area (TPSA) is 242 Å². The van der Waals surface area contributed by atoms with Crippen molar-refractivity contribution in [3.05, 3.63) is 0 Å². The molecule has 32 heavy (non-hydrogen) atoms. The molecule has 6 unspecified atom stereocenters. The van der Waals surface area contributed by atoms with E-state index in [9.17, 15) is 25.5 Å². The van der Waals surface area contributed by atoms with E-state index in [4.69, 9.17) is 41.9 Å². The molecule has 1 saturated carbocycles. The number of hydrogen-bond donors (Lipinski definition) is 9. The Labute approximate surface area is 186 Å². The zero-order chi connectivity index (χ0) is 23.7. The highest BCUT2D eigenvalue weighted by Gasteiger charge is 2.50. The van der Waals surface area contributed by atoms with E-state index in [0.717, 1.165) is 0 Å². The highest BCUT2D eigenvalue weighted by Crippen LogP contribution is 2.31. The van der Waals surface area contributed by atoms with E-state index in [2.05, 4.69) is 0 Å². The maximum atomic E-state index is 11.0. The SMILES string of the molecule is CCC1O[C@H](OC2C(O)[C@@H](O[C@H]3OC(CO)[C@@H](O)[C@H](N)C3O)[C@H](N)C[C@@H]2N)C(N)C[C@@H]1O. The summed E-state index contributed by atoms with van der Waals surface area (Å²) < 4.78 is 22.9. The molecule has 188 valence electrons. The van der Waals surface area contributed by atoms with Gasteiger partial charge in [0.15, 0.2) is 12.6 Å². The molecule has 0 aromatic rings. The molecule has 3 aliphatic rings. The standard InChI is InChI=1S/C19H38N4O9/c1-2-10-9(25)4-8(22)18(29-10)31-16-6(20)3-7(21)17(15(16)28)32-19-14(27)12(23)13(26)11(5-24)30-19/h6-19,24-28H,2-5,20-23H2,1H3/t6-,7+,8?,9-,10?,11?,12-,13+,14?,15?,16?,17-,18+,19+/m0/s1. The Morgan fingerprint density at radius 3 is 1.88 bits per heavy atom. The van der Waals surface area contributed by atoms with Gasteiger partial charge in [0.1, 0.15) is 36.6 Å². The third-order valence-electron chi connectivity index (χ3n) is 6.59. The fraction of sp³-hybridized carbons (Fsp3) is 1.00. The fourth-order valence-corrected chi connectivity index (χ4v) is 4.58. The van der Waals surface area contributed by atoms with Gasteiger partial charge in [-0.3, -0.25) is 0 Å². The van der Waals surface area contributed by atoms with E-state index in [-0.39, 0.29) is 12.8 Å². The molecule has 0 aromatic carbocycles. The second kappa shape index (κ2) is 10.8. The molecular formula is C19H38N4O9. The minimum atomic E-state index is -1.43. The summed E-state index contributed by atoms with van der Waals surface area (Å²) in [5, 5.41) is 50.8. The summed E-state index contributed by atoms with van der Waals surface area (Å²) in [6.07, 6.45) is -9.53. The average molecular weight is 467 g/mol. The summed E-state index contributed by atoms with van der Waals surface area (Å²) in [5.74, 6) is 0. The first kappa shape index (κ1) is 26.1. The van der Waals surface area contributed by atoms with Crippen molar-refractivity contribution in [2.24, 2.45) is 22.9 Å². The van der Waals surface area contributed by atoms with Crippen LogP contribution in [0.3, 0.4) is 0 Å². The van der Waals surface area contributed by atoms with Crippen molar-refractivity contribution in [3.63, 3.8) is 0 Å². The summed E-state index contributed by atoms with van der Waals surface area (Å²) >= 11 is 0. The molecule has 0 bridgehead atoms. The van der Waals surface area contributed by atoms with Gasteiger partial charge in [-0.2, -0.15) is 0 Å². The van der Waals surface area contributed by atoms with Crippen LogP contribution < -0.4 is 22.9 Å². The van der Waals surface area contributed by atoms with Gasteiger partial charge >= 0.3 is 0 Å². The zero-order valence-electron chi connectivity index (χ0n) is 18.1. The van der Waals surface area contributed by atoms with E-state index in [1.54, 1.807) is 0 Å². The van der Waals surface area contributed by atoms with Gasteiger partial charge in [-0.1, -0.05) is 6.92 Å². The van der Waals surface area contributed by atoms with Gasteiger partial charge in [0.05, 0.1) is 30.9 Å². The highest BCUT2D eigenvalue weighted by atomic mass is 16.7. The number of nitrogens with two attached hydrogens (primary N) is 4. The van der Waals surface area contributed by atoms with Crippen LogP contribution in [0, 0.1) is 0 Å². The number of rotatable bonds is 6. The van der Waals surface area contributed by atoms with Crippen molar-refractivity contribution in [3.8, 4) is 0 Å². The van der Waals surface area contributed by atoms with Gasteiger partial charge < -0.3 is 67.4 Å². The van der Waals surface area contributed by atoms with E-state index in [0.29, 0.717) is 6.42 Å². The Morgan fingerprint density at radius 1 is 0.750 bits per heavy atom. The van der Waals surface area contributed by atoms with Gasteiger partial charge in [-0.05, 0) is 19.3 Å². The molecule has 2 heterocycles. The lowest BCUT2D eigenvalue weighted by Crippen LogP contribution is -2.68. The molecule has 0 amide bonds. The molecule has 13 nitrogen and oxygen atoms in total. The largest absolute Gasteiger partial charge is 0.394 e. The van der Waals surface area contributed by atoms with E-state index >= 15 is 0 Å². The van der Waals surface area contributed by atoms with Crippen molar-refractivity contribution in [2.75, 3.05) is 6.61 Å². The smallest absolute Gasteiger partial charge is 0.186 e. The van der Waals surface area contributed by atoms with Gasteiger partial charge in [0, 0.05) is 12.1 Å². The Morgan fingerprint density at radius 2 is 1.31 bits per heavy atom. The Bertz CT molecular complexity index is 605. The van der Waals surface area contributed by atoms with Crippen LogP contribution >= 0.6 is 0 Å². The van der Waals surface area contributed by atoms with Gasteiger partial charge in [0.25, 0.3) is 0 Å². The lowest BCUT2D eigenvalue weighted by atomic mass is 9.84. The quantitative estimate of drug-likeness (QED) is 0.178. The monoisotopic (exact) mass is 466 g/mol. The van der Waals surface area contributed by atoms with Gasteiger partial charge in [-0.15, -0.1) is 0 Å². The third-order valence-corrected chi connectivity index (χ3v) is 6.59. The molecule has 3 fully saturated rings. The molecule has 0 aromatic heterocycles. The molecule has 0 radical (unpaired) electrons.